The fourth-order valence-electron chi connectivity index (χ4n) is 4.36. The zero-order chi connectivity index (χ0) is 25.3. The van der Waals surface area contributed by atoms with Crippen LogP contribution >= 0.6 is 11.6 Å². The van der Waals surface area contributed by atoms with Crippen molar-refractivity contribution in [2.75, 3.05) is 13.2 Å². The van der Waals surface area contributed by atoms with Gasteiger partial charge in [0.1, 0.15) is 11.6 Å². The molecule has 0 radical (unpaired) electrons. The highest BCUT2D eigenvalue weighted by Gasteiger charge is 2.11. The number of aryl methyl sites for hydroxylation is 4. The van der Waals surface area contributed by atoms with Crippen LogP contribution in [-0.2, 0) is 13.0 Å². The van der Waals surface area contributed by atoms with Crippen LogP contribution in [0, 0.1) is 13.8 Å². The first-order chi connectivity index (χ1) is 17.5. The van der Waals surface area contributed by atoms with Gasteiger partial charge in [-0.05, 0) is 81.1 Å². The molecule has 0 saturated heterocycles. The van der Waals surface area contributed by atoms with Gasteiger partial charge in [-0.3, -0.25) is 4.79 Å². The quantitative estimate of drug-likeness (QED) is 0.213. The number of rotatable bonds is 12. The maximum atomic E-state index is 12.3. The third kappa shape index (κ3) is 6.88. The molecule has 0 spiro atoms. The van der Waals surface area contributed by atoms with Crippen molar-refractivity contribution < 1.29 is 9.53 Å². The largest absolute Gasteiger partial charge is 0.494 e. The van der Waals surface area contributed by atoms with Crippen LogP contribution in [0.25, 0.3) is 11.0 Å². The lowest BCUT2D eigenvalue weighted by atomic mass is 10.1. The van der Waals surface area contributed by atoms with Crippen molar-refractivity contribution in [3.63, 3.8) is 0 Å². The van der Waals surface area contributed by atoms with E-state index in [-0.39, 0.29) is 5.91 Å². The lowest BCUT2D eigenvalue weighted by Gasteiger charge is -2.11. The van der Waals surface area contributed by atoms with Gasteiger partial charge in [0, 0.05) is 30.1 Å². The SMILES string of the molecule is Cc1cccc(C(=O)NCCCCCc2nc3ccccc3n2CCCOc2ccc(Cl)c(C)c2)c1. The highest BCUT2D eigenvalue weighted by molar-refractivity contribution is 6.31. The fraction of sp³-hybridized carbons (Fsp3) is 0.333. The average Bonchev–Trinajstić information content (AvgIpc) is 3.23. The molecule has 0 aliphatic rings. The zero-order valence-corrected chi connectivity index (χ0v) is 21.9. The fourth-order valence-corrected chi connectivity index (χ4v) is 4.48. The molecule has 0 fully saturated rings. The summed E-state index contributed by atoms with van der Waals surface area (Å²) in [6, 6.07) is 21.8. The van der Waals surface area contributed by atoms with E-state index in [1.54, 1.807) is 0 Å². The van der Waals surface area contributed by atoms with Crippen LogP contribution in [0.3, 0.4) is 0 Å². The second kappa shape index (κ2) is 12.6. The third-order valence-corrected chi connectivity index (χ3v) is 6.72. The predicted octanol–water partition coefficient (Wildman–Crippen LogP) is 6.92. The van der Waals surface area contributed by atoms with Crippen molar-refractivity contribution in [3.05, 3.63) is 94.3 Å². The Kier molecular flexibility index (Phi) is 9.01. The molecule has 0 saturated carbocycles. The van der Waals surface area contributed by atoms with Crippen LogP contribution in [-0.4, -0.2) is 28.6 Å². The van der Waals surface area contributed by atoms with E-state index < -0.39 is 0 Å². The third-order valence-electron chi connectivity index (χ3n) is 6.30. The van der Waals surface area contributed by atoms with Crippen LogP contribution in [0.5, 0.6) is 5.75 Å². The monoisotopic (exact) mass is 503 g/mol. The van der Waals surface area contributed by atoms with E-state index in [1.165, 1.54) is 5.52 Å². The molecular formula is C30H34ClN3O2. The normalized spacial score (nSPS) is 11.1. The minimum atomic E-state index is -0.00327. The first-order valence-electron chi connectivity index (χ1n) is 12.7. The smallest absolute Gasteiger partial charge is 0.251 e. The summed E-state index contributed by atoms with van der Waals surface area (Å²) in [6.07, 6.45) is 4.82. The Labute approximate surface area is 218 Å². The summed E-state index contributed by atoms with van der Waals surface area (Å²) in [7, 11) is 0. The number of amides is 1. The Morgan fingerprint density at radius 2 is 1.83 bits per heavy atom. The molecule has 5 nitrogen and oxygen atoms in total. The number of ether oxygens (including phenoxy) is 1. The molecule has 1 aromatic heterocycles. The molecule has 1 heterocycles. The number of nitrogens with zero attached hydrogens (tertiary/aromatic N) is 2. The van der Waals surface area contributed by atoms with Crippen LogP contribution in [0.1, 0.15) is 53.0 Å². The molecule has 1 amide bonds. The van der Waals surface area contributed by atoms with Gasteiger partial charge in [0.25, 0.3) is 5.91 Å². The number of carbonyl (C=O) groups is 1. The predicted molar refractivity (Wildman–Crippen MR) is 147 cm³/mol. The van der Waals surface area contributed by atoms with E-state index in [0.29, 0.717) is 13.2 Å². The van der Waals surface area contributed by atoms with Gasteiger partial charge in [-0.15, -0.1) is 0 Å². The maximum Gasteiger partial charge on any atom is 0.251 e. The van der Waals surface area contributed by atoms with Gasteiger partial charge >= 0.3 is 0 Å². The van der Waals surface area contributed by atoms with Crippen molar-refractivity contribution in [1.82, 2.24) is 14.9 Å². The van der Waals surface area contributed by atoms with E-state index >= 15 is 0 Å². The van der Waals surface area contributed by atoms with E-state index in [0.717, 1.165) is 77.5 Å². The van der Waals surface area contributed by atoms with Crippen molar-refractivity contribution in [2.45, 2.75) is 52.5 Å². The number of nitrogens with one attached hydrogen (secondary N) is 1. The molecule has 188 valence electrons. The van der Waals surface area contributed by atoms with Gasteiger partial charge < -0.3 is 14.6 Å². The van der Waals surface area contributed by atoms with Crippen LogP contribution in [0.4, 0.5) is 0 Å². The molecule has 4 rings (SSSR count). The second-order valence-electron chi connectivity index (χ2n) is 9.22. The summed E-state index contributed by atoms with van der Waals surface area (Å²) in [5, 5.41) is 3.79. The van der Waals surface area contributed by atoms with E-state index in [9.17, 15) is 4.79 Å². The summed E-state index contributed by atoms with van der Waals surface area (Å²) in [5.74, 6) is 1.96. The van der Waals surface area contributed by atoms with Crippen molar-refractivity contribution in [3.8, 4) is 5.75 Å². The Morgan fingerprint density at radius 1 is 0.972 bits per heavy atom. The number of hydrogen-bond donors (Lipinski definition) is 1. The summed E-state index contributed by atoms with van der Waals surface area (Å²) < 4.78 is 8.27. The molecule has 0 bridgehead atoms. The molecule has 1 N–H and O–H groups in total. The summed E-state index contributed by atoms with van der Waals surface area (Å²) >= 11 is 6.11. The number of aromatic nitrogens is 2. The van der Waals surface area contributed by atoms with Gasteiger partial charge in [-0.1, -0.05) is 47.9 Å². The molecule has 4 aromatic rings. The topological polar surface area (TPSA) is 56.2 Å². The van der Waals surface area contributed by atoms with Crippen LogP contribution < -0.4 is 10.1 Å². The maximum absolute atomic E-state index is 12.3. The average molecular weight is 504 g/mol. The minimum absolute atomic E-state index is 0.00327. The van der Waals surface area contributed by atoms with E-state index in [2.05, 4.69) is 28.1 Å². The number of unbranched alkanes of at least 4 members (excludes halogenated alkanes) is 2. The number of benzene rings is 3. The first-order valence-corrected chi connectivity index (χ1v) is 13.1. The lowest BCUT2D eigenvalue weighted by molar-refractivity contribution is 0.0953. The molecule has 0 aliphatic heterocycles. The summed E-state index contributed by atoms with van der Waals surface area (Å²) in [6.45, 7) is 6.15. The summed E-state index contributed by atoms with van der Waals surface area (Å²) in [4.78, 5) is 17.2. The van der Waals surface area contributed by atoms with Crippen molar-refractivity contribution >= 4 is 28.5 Å². The molecule has 6 heteroatoms. The van der Waals surface area contributed by atoms with Gasteiger partial charge in [0.05, 0.1) is 17.6 Å². The number of para-hydroxylation sites is 2. The standard InChI is InChI=1S/C30H34ClN3O2/c1-22-10-8-11-24(20-22)30(35)32-17-7-3-4-14-29-33-27-12-5-6-13-28(27)34(29)18-9-19-36-25-15-16-26(31)23(2)21-25/h5-6,8,10-13,15-16,20-21H,3-4,7,9,14,17-19H2,1-2H3,(H,32,35). The highest BCUT2D eigenvalue weighted by Crippen LogP contribution is 2.22. The van der Waals surface area contributed by atoms with E-state index in [4.69, 9.17) is 21.3 Å². The van der Waals surface area contributed by atoms with Crippen molar-refractivity contribution in [1.29, 1.82) is 0 Å². The van der Waals surface area contributed by atoms with Gasteiger partial charge in [0.15, 0.2) is 0 Å². The number of fused-ring (bicyclic) bond motifs is 1. The second-order valence-corrected chi connectivity index (χ2v) is 9.62. The summed E-state index contributed by atoms with van der Waals surface area (Å²) in [5.41, 5.74) is 5.04. The number of halogens is 1. The Balaban J connectivity index is 1.25. The van der Waals surface area contributed by atoms with Crippen molar-refractivity contribution in [2.24, 2.45) is 0 Å². The molecular weight excluding hydrogens is 470 g/mol. The molecule has 36 heavy (non-hydrogen) atoms. The van der Waals surface area contributed by atoms with Gasteiger partial charge in [0.2, 0.25) is 0 Å². The van der Waals surface area contributed by atoms with Gasteiger partial charge in [-0.25, -0.2) is 4.98 Å². The zero-order valence-electron chi connectivity index (χ0n) is 21.1. The Morgan fingerprint density at radius 3 is 2.67 bits per heavy atom. The number of carbonyl (C=O) groups excluding carboxylic acids is 1. The lowest BCUT2D eigenvalue weighted by Crippen LogP contribution is -2.24. The molecule has 0 aliphatic carbocycles. The minimum Gasteiger partial charge on any atom is -0.494 e. The number of imidazole rings is 1. The Hall–Kier alpha value is -3.31. The highest BCUT2D eigenvalue weighted by atomic mass is 35.5. The van der Waals surface area contributed by atoms with Crippen LogP contribution in [0.15, 0.2) is 66.7 Å². The molecule has 0 unspecified atom stereocenters. The van der Waals surface area contributed by atoms with Crippen LogP contribution in [0.2, 0.25) is 5.02 Å². The Bertz CT molecular complexity index is 1310. The van der Waals surface area contributed by atoms with Gasteiger partial charge in [-0.2, -0.15) is 0 Å². The number of hydrogen-bond acceptors (Lipinski definition) is 3. The molecule has 3 aromatic carbocycles. The first kappa shape index (κ1) is 25.8. The molecule has 0 atom stereocenters. The van der Waals surface area contributed by atoms with E-state index in [1.807, 2.05) is 62.4 Å².